The van der Waals surface area contributed by atoms with Crippen LogP contribution in [0.3, 0.4) is 0 Å². The van der Waals surface area contributed by atoms with Gasteiger partial charge in [0, 0.05) is 18.6 Å². The molecule has 5 rings (SSSR count). The minimum Gasteiger partial charge on any atom is -0.508 e. The number of Topliss-reactive ketones (excluding diaryl/α,β-unsaturated/α-hetero) is 1. The predicted molar refractivity (Wildman–Crippen MR) is 117 cm³/mol. The van der Waals surface area contributed by atoms with Gasteiger partial charge < -0.3 is 24.4 Å². The van der Waals surface area contributed by atoms with Crippen LogP contribution in [-0.4, -0.2) is 28.9 Å². The third-order valence-electron chi connectivity index (χ3n) is 5.99. The Morgan fingerprint density at radius 2 is 1.58 bits per heavy atom. The van der Waals surface area contributed by atoms with E-state index >= 15 is 4.39 Å². The van der Waals surface area contributed by atoms with E-state index in [0.717, 1.165) is 12.8 Å². The molecule has 3 aromatic rings. The Kier molecular flexibility index (Phi) is 5.64. The average Bonchev–Trinajstić information content (AvgIpc) is 2.80. The number of ketones is 1. The van der Waals surface area contributed by atoms with E-state index in [1.54, 1.807) is 24.3 Å². The number of hydrogen-bond donors (Lipinski definition) is 2. The zero-order valence-electron chi connectivity index (χ0n) is 17.7. The van der Waals surface area contributed by atoms with Crippen molar-refractivity contribution in [2.75, 3.05) is 6.61 Å². The molecule has 2 aliphatic rings. The average molecular weight is 450 g/mol. The van der Waals surface area contributed by atoms with Gasteiger partial charge in [0.25, 0.3) is 0 Å². The lowest BCUT2D eigenvalue weighted by molar-refractivity contribution is -0.106. The molecule has 3 atom stereocenters. The third-order valence-corrected chi connectivity index (χ3v) is 5.99. The molecule has 2 N–H and O–H groups in total. The van der Waals surface area contributed by atoms with Gasteiger partial charge in [0.1, 0.15) is 34.9 Å². The first-order valence-corrected chi connectivity index (χ1v) is 10.9. The zero-order chi connectivity index (χ0) is 22.9. The first kappa shape index (κ1) is 21.3. The second kappa shape index (κ2) is 8.75. The largest absolute Gasteiger partial charge is 0.508 e. The summed E-state index contributed by atoms with van der Waals surface area (Å²) in [7, 11) is 0. The monoisotopic (exact) mass is 450 g/mol. The lowest BCUT2D eigenvalue weighted by atomic mass is 9.81. The zero-order valence-corrected chi connectivity index (χ0v) is 17.7. The van der Waals surface area contributed by atoms with E-state index in [-0.39, 0.29) is 28.6 Å². The number of carbonyl (C=O) groups is 1. The van der Waals surface area contributed by atoms with Crippen LogP contribution in [0.4, 0.5) is 4.39 Å². The van der Waals surface area contributed by atoms with E-state index in [2.05, 4.69) is 0 Å². The minimum atomic E-state index is -0.842. The molecule has 7 heteroatoms. The summed E-state index contributed by atoms with van der Waals surface area (Å²) in [4.78, 5) is 13.6. The molecular weight excluding hydrogens is 427 g/mol. The van der Waals surface area contributed by atoms with Crippen LogP contribution in [0, 0.1) is 5.82 Å². The van der Waals surface area contributed by atoms with Crippen LogP contribution in [-0.2, 0) is 4.74 Å². The van der Waals surface area contributed by atoms with Crippen LogP contribution in [0.2, 0.25) is 0 Å². The third kappa shape index (κ3) is 4.24. The van der Waals surface area contributed by atoms with Crippen molar-refractivity contribution >= 4 is 5.78 Å². The molecule has 3 unspecified atom stereocenters. The van der Waals surface area contributed by atoms with Crippen molar-refractivity contribution in [3.05, 3.63) is 83.2 Å². The first-order valence-electron chi connectivity index (χ1n) is 10.9. The molecule has 0 saturated carbocycles. The van der Waals surface area contributed by atoms with E-state index in [0.29, 0.717) is 24.2 Å². The number of phenols is 2. The van der Waals surface area contributed by atoms with Gasteiger partial charge >= 0.3 is 0 Å². The highest BCUT2D eigenvalue weighted by atomic mass is 19.1. The van der Waals surface area contributed by atoms with Gasteiger partial charge in [-0.25, -0.2) is 4.39 Å². The Balaban J connectivity index is 1.56. The number of fused-ring (bicyclic) bond motifs is 1. The molecule has 1 fully saturated rings. The van der Waals surface area contributed by atoms with E-state index in [9.17, 15) is 15.0 Å². The molecule has 1 saturated heterocycles. The summed E-state index contributed by atoms with van der Waals surface area (Å²) in [5, 5.41) is 19.4. The standard InChI is InChI=1S/C26H23FO6/c27-20-13-19(32-22-3-1-2-12-31-22)14-21-24(20)25(30)23(15-4-8-17(28)9-5-15)26(33-21)16-6-10-18(29)11-7-16/h4-11,13-14,22-23,26,28-29H,1-3,12H2. The number of ether oxygens (including phenoxy) is 3. The maximum atomic E-state index is 15.2. The number of halogens is 1. The van der Waals surface area contributed by atoms with Crippen molar-refractivity contribution < 1.29 is 33.6 Å². The molecule has 0 spiro atoms. The topological polar surface area (TPSA) is 85.2 Å². The van der Waals surface area contributed by atoms with Crippen LogP contribution in [0.15, 0.2) is 60.7 Å². The Hall–Kier alpha value is -3.58. The lowest BCUT2D eigenvalue weighted by Gasteiger charge is -2.34. The summed E-state index contributed by atoms with van der Waals surface area (Å²) >= 11 is 0. The molecule has 170 valence electrons. The van der Waals surface area contributed by atoms with Crippen molar-refractivity contribution in [1.29, 1.82) is 0 Å². The number of carbonyl (C=O) groups excluding carboxylic acids is 1. The van der Waals surface area contributed by atoms with Crippen molar-refractivity contribution in [2.45, 2.75) is 37.6 Å². The van der Waals surface area contributed by atoms with Crippen LogP contribution in [0.1, 0.15) is 52.8 Å². The second-order valence-electron chi connectivity index (χ2n) is 8.26. The number of phenolic OH excluding ortho intramolecular Hbond substituents is 2. The Labute approximate surface area is 190 Å². The smallest absolute Gasteiger partial charge is 0.199 e. The molecule has 2 heterocycles. The van der Waals surface area contributed by atoms with E-state index in [1.807, 2.05) is 0 Å². The molecule has 0 radical (unpaired) electrons. The van der Waals surface area contributed by atoms with Gasteiger partial charge in [-0.05, 0) is 48.2 Å². The summed E-state index contributed by atoms with van der Waals surface area (Å²) in [6.07, 6.45) is 1.40. The van der Waals surface area contributed by atoms with Crippen molar-refractivity contribution in [1.82, 2.24) is 0 Å². The lowest BCUT2D eigenvalue weighted by Crippen LogP contribution is -2.31. The molecule has 0 aliphatic carbocycles. The molecule has 0 amide bonds. The van der Waals surface area contributed by atoms with Gasteiger partial charge in [0.15, 0.2) is 12.1 Å². The van der Waals surface area contributed by atoms with Crippen molar-refractivity contribution in [2.24, 2.45) is 0 Å². The van der Waals surface area contributed by atoms with Gasteiger partial charge in [-0.15, -0.1) is 0 Å². The van der Waals surface area contributed by atoms with Gasteiger partial charge in [0.2, 0.25) is 0 Å². The quantitative estimate of drug-likeness (QED) is 0.565. The van der Waals surface area contributed by atoms with Crippen molar-refractivity contribution in [3.63, 3.8) is 0 Å². The van der Waals surface area contributed by atoms with Crippen molar-refractivity contribution in [3.8, 4) is 23.0 Å². The van der Waals surface area contributed by atoms with E-state index in [1.165, 1.54) is 36.4 Å². The summed E-state index contributed by atoms with van der Waals surface area (Å²) in [5.74, 6) is -1.53. The SMILES string of the molecule is O=C1c2c(F)cc(OC3CCCCO3)cc2OC(c2ccc(O)cc2)C1c1ccc(O)cc1. The molecule has 2 aliphatic heterocycles. The Morgan fingerprint density at radius 3 is 2.21 bits per heavy atom. The normalized spacial score (nSPS) is 22.3. The molecular formula is C26H23FO6. The predicted octanol–water partition coefficient (Wildman–Crippen LogP) is 5.24. The molecule has 3 aromatic carbocycles. The number of hydrogen-bond acceptors (Lipinski definition) is 6. The van der Waals surface area contributed by atoms with Gasteiger partial charge in [-0.1, -0.05) is 24.3 Å². The van der Waals surface area contributed by atoms with Gasteiger partial charge in [-0.3, -0.25) is 4.79 Å². The summed E-state index contributed by atoms with van der Waals surface area (Å²) < 4.78 is 32.8. The Morgan fingerprint density at radius 1 is 0.909 bits per heavy atom. The number of aromatic hydroxyl groups is 2. The maximum Gasteiger partial charge on any atom is 0.199 e. The summed E-state index contributed by atoms with van der Waals surface area (Å²) in [5.41, 5.74) is 1.09. The fourth-order valence-corrected chi connectivity index (χ4v) is 4.34. The van der Waals surface area contributed by atoms with Crippen LogP contribution < -0.4 is 9.47 Å². The van der Waals surface area contributed by atoms with Gasteiger partial charge in [-0.2, -0.15) is 0 Å². The summed E-state index contributed by atoms with van der Waals surface area (Å²) in [6.45, 7) is 0.588. The molecule has 6 nitrogen and oxygen atoms in total. The van der Waals surface area contributed by atoms with E-state index < -0.39 is 29.9 Å². The highest BCUT2D eigenvalue weighted by Gasteiger charge is 2.41. The summed E-state index contributed by atoms with van der Waals surface area (Å²) in [6, 6.07) is 15.2. The van der Waals surface area contributed by atoms with Crippen LogP contribution in [0.5, 0.6) is 23.0 Å². The molecule has 33 heavy (non-hydrogen) atoms. The minimum absolute atomic E-state index is 0.0578. The number of rotatable bonds is 4. The van der Waals surface area contributed by atoms with Crippen LogP contribution in [0.25, 0.3) is 0 Å². The fraction of sp³-hybridized carbons (Fsp3) is 0.269. The van der Waals surface area contributed by atoms with E-state index in [4.69, 9.17) is 14.2 Å². The highest BCUT2D eigenvalue weighted by Crippen LogP contribution is 2.46. The van der Waals surface area contributed by atoms with Gasteiger partial charge in [0.05, 0.1) is 18.1 Å². The first-order chi connectivity index (χ1) is 16.0. The van der Waals surface area contributed by atoms with Crippen LogP contribution >= 0.6 is 0 Å². The highest BCUT2D eigenvalue weighted by molar-refractivity contribution is 6.05. The maximum absolute atomic E-state index is 15.2. The fourth-order valence-electron chi connectivity index (χ4n) is 4.34. The second-order valence-corrected chi connectivity index (χ2v) is 8.26. The molecule has 0 aromatic heterocycles. The Bertz CT molecular complexity index is 1150. The molecule has 0 bridgehead atoms. The number of benzene rings is 3.